The van der Waals surface area contributed by atoms with Gasteiger partial charge in [-0.2, -0.15) is 8.42 Å². The third-order valence-corrected chi connectivity index (χ3v) is 3.32. The Morgan fingerprint density at radius 1 is 1.29 bits per heavy atom. The molecule has 0 spiro atoms. The van der Waals surface area contributed by atoms with Crippen LogP contribution in [-0.4, -0.2) is 31.2 Å². The summed E-state index contributed by atoms with van der Waals surface area (Å²) < 4.78 is 36.3. The molecular weight excluding hydrogens is 248 g/mol. The fourth-order valence-corrected chi connectivity index (χ4v) is 2.60. The largest absolute Gasteiger partial charge is 0.494 e. The van der Waals surface area contributed by atoms with Crippen molar-refractivity contribution in [1.82, 2.24) is 0 Å². The van der Waals surface area contributed by atoms with Crippen LogP contribution in [0, 0.1) is 13.8 Å². The van der Waals surface area contributed by atoms with E-state index in [2.05, 4.69) is 0 Å². The summed E-state index contributed by atoms with van der Waals surface area (Å²) in [4.78, 5) is 10.5. The standard InChI is InChI=1S/C10H12O6S/c1-5-4-6(2)9(17(13,14)15)8(16-3)7(5)10(11)12/h4H,1-3H3,(H,11,12)(H,13,14,15). The van der Waals surface area contributed by atoms with E-state index in [1.54, 1.807) is 0 Å². The van der Waals surface area contributed by atoms with Crippen LogP contribution >= 0.6 is 0 Å². The first-order valence-electron chi connectivity index (χ1n) is 4.59. The molecule has 1 aromatic rings. The lowest BCUT2D eigenvalue weighted by Crippen LogP contribution is -2.11. The van der Waals surface area contributed by atoms with E-state index >= 15 is 0 Å². The van der Waals surface area contributed by atoms with Crippen molar-refractivity contribution < 1.29 is 27.6 Å². The van der Waals surface area contributed by atoms with E-state index in [1.165, 1.54) is 19.9 Å². The van der Waals surface area contributed by atoms with Crippen molar-refractivity contribution in [3.63, 3.8) is 0 Å². The Labute approximate surface area is 98.6 Å². The van der Waals surface area contributed by atoms with Crippen molar-refractivity contribution in [2.75, 3.05) is 7.11 Å². The summed E-state index contributed by atoms with van der Waals surface area (Å²) >= 11 is 0. The Bertz CT molecular complexity index is 573. The third-order valence-electron chi connectivity index (χ3n) is 2.29. The molecule has 0 aliphatic heterocycles. The molecule has 0 atom stereocenters. The second-order valence-corrected chi connectivity index (χ2v) is 4.89. The molecule has 17 heavy (non-hydrogen) atoms. The van der Waals surface area contributed by atoms with Crippen LogP contribution < -0.4 is 4.74 Å². The summed E-state index contributed by atoms with van der Waals surface area (Å²) in [5.41, 5.74) is 0.317. The van der Waals surface area contributed by atoms with E-state index in [0.717, 1.165) is 7.11 Å². The molecule has 94 valence electrons. The van der Waals surface area contributed by atoms with Crippen LogP contribution in [0.4, 0.5) is 0 Å². The summed E-state index contributed by atoms with van der Waals surface area (Å²) in [5, 5.41) is 9.00. The Balaban J connectivity index is 3.85. The van der Waals surface area contributed by atoms with Crippen LogP contribution in [0.25, 0.3) is 0 Å². The zero-order chi connectivity index (χ0) is 13.4. The van der Waals surface area contributed by atoms with Gasteiger partial charge in [0.1, 0.15) is 10.5 Å². The summed E-state index contributed by atoms with van der Waals surface area (Å²) in [7, 11) is -3.39. The lowest BCUT2D eigenvalue weighted by Gasteiger charge is -2.14. The highest BCUT2D eigenvalue weighted by Gasteiger charge is 2.27. The number of methoxy groups -OCH3 is 1. The average Bonchev–Trinajstić information content (AvgIpc) is 2.12. The summed E-state index contributed by atoms with van der Waals surface area (Å²) in [5.74, 6) is -1.67. The molecule has 0 aliphatic rings. The molecule has 2 N–H and O–H groups in total. The molecule has 0 bridgehead atoms. The molecule has 7 heteroatoms. The zero-order valence-electron chi connectivity index (χ0n) is 9.51. The van der Waals surface area contributed by atoms with Gasteiger partial charge in [-0.3, -0.25) is 4.55 Å². The van der Waals surface area contributed by atoms with Gasteiger partial charge >= 0.3 is 5.97 Å². The predicted molar refractivity (Wildman–Crippen MR) is 59.2 cm³/mol. The maximum atomic E-state index is 11.2. The van der Waals surface area contributed by atoms with E-state index in [1.807, 2.05) is 0 Å². The van der Waals surface area contributed by atoms with Crippen LogP contribution in [0.2, 0.25) is 0 Å². The predicted octanol–water partition coefficient (Wildman–Crippen LogP) is 1.26. The van der Waals surface area contributed by atoms with Gasteiger partial charge in [0.2, 0.25) is 0 Å². The topological polar surface area (TPSA) is 101 Å². The highest BCUT2D eigenvalue weighted by atomic mass is 32.2. The Hall–Kier alpha value is -1.60. The third kappa shape index (κ3) is 2.40. The number of ether oxygens (including phenoxy) is 1. The molecular formula is C10H12O6S. The zero-order valence-corrected chi connectivity index (χ0v) is 10.3. The number of rotatable bonds is 3. The van der Waals surface area contributed by atoms with Gasteiger partial charge in [0.05, 0.1) is 7.11 Å². The van der Waals surface area contributed by atoms with Gasteiger partial charge in [0, 0.05) is 0 Å². The van der Waals surface area contributed by atoms with Crippen molar-refractivity contribution in [3.8, 4) is 5.75 Å². The number of carbonyl (C=O) groups is 1. The number of aromatic carboxylic acids is 1. The SMILES string of the molecule is COc1c(C(=O)O)c(C)cc(C)c1S(=O)(=O)O. The highest BCUT2D eigenvalue weighted by molar-refractivity contribution is 7.86. The Morgan fingerprint density at radius 2 is 1.82 bits per heavy atom. The molecule has 0 saturated heterocycles. The van der Waals surface area contributed by atoms with Crippen molar-refractivity contribution in [2.45, 2.75) is 18.7 Å². The number of benzene rings is 1. The van der Waals surface area contributed by atoms with Crippen LogP contribution in [-0.2, 0) is 10.1 Å². The molecule has 0 amide bonds. The summed E-state index contributed by atoms with van der Waals surface area (Å²) in [6, 6.07) is 1.37. The molecule has 1 rings (SSSR count). The van der Waals surface area contributed by atoms with Gasteiger partial charge in [-0.15, -0.1) is 0 Å². The van der Waals surface area contributed by atoms with E-state index in [9.17, 15) is 13.2 Å². The van der Waals surface area contributed by atoms with Gasteiger partial charge in [-0.1, -0.05) is 6.07 Å². The normalized spacial score (nSPS) is 11.3. The number of hydrogen-bond donors (Lipinski definition) is 2. The fraction of sp³-hybridized carbons (Fsp3) is 0.300. The lowest BCUT2D eigenvalue weighted by molar-refractivity contribution is 0.0692. The highest BCUT2D eigenvalue weighted by Crippen LogP contribution is 2.33. The molecule has 0 saturated carbocycles. The van der Waals surface area contributed by atoms with Gasteiger partial charge in [-0.25, -0.2) is 4.79 Å². The number of carboxylic acid groups (broad SMARTS) is 1. The first-order valence-corrected chi connectivity index (χ1v) is 6.03. The molecule has 0 heterocycles. The van der Waals surface area contributed by atoms with Gasteiger partial charge in [0.25, 0.3) is 10.1 Å². The molecule has 0 aliphatic carbocycles. The van der Waals surface area contributed by atoms with Gasteiger partial charge in [-0.05, 0) is 25.0 Å². The Morgan fingerprint density at radius 3 is 2.18 bits per heavy atom. The molecule has 1 aromatic carbocycles. The van der Waals surface area contributed by atoms with Crippen LogP contribution in [0.1, 0.15) is 21.5 Å². The second kappa shape index (κ2) is 4.34. The van der Waals surface area contributed by atoms with Gasteiger partial charge in [0.15, 0.2) is 5.75 Å². The van der Waals surface area contributed by atoms with Crippen LogP contribution in [0.15, 0.2) is 11.0 Å². The van der Waals surface area contributed by atoms with Crippen LogP contribution in [0.3, 0.4) is 0 Å². The van der Waals surface area contributed by atoms with Crippen molar-refractivity contribution in [3.05, 3.63) is 22.8 Å². The van der Waals surface area contributed by atoms with Crippen molar-refractivity contribution in [1.29, 1.82) is 0 Å². The first-order chi connectivity index (χ1) is 7.70. The van der Waals surface area contributed by atoms with Crippen molar-refractivity contribution >= 4 is 16.1 Å². The van der Waals surface area contributed by atoms with E-state index in [0.29, 0.717) is 5.56 Å². The van der Waals surface area contributed by atoms with E-state index in [4.69, 9.17) is 14.4 Å². The average molecular weight is 260 g/mol. The minimum Gasteiger partial charge on any atom is -0.494 e. The molecule has 6 nitrogen and oxygen atoms in total. The molecule has 0 radical (unpaired) electrons. The first kappa shape index (κ1) is 13.5. The Kier molecular flexibility index (Phi) is 3.44. The van der Waals surface area contributed by atoms with Crippen LogP contribution in [0.5, 0.6) is 5.75 Å². The maximum Gasteiger partial charge on any atom is 0.339 e. The monoisotopic (exact) mass is 260 g/mol. The van der Waals surface area contributed by atoms with Crippen molar-refractivity contribution in [2.24, 2.45) is 0 Å². The quantitative estimate of drug-likeness (QED) is 0.793. The van der Waals surface area contributed by atoms with Gasteiger partial charge < -0.3 is 9.84 Å². The molecule has 0 unspecified atom stereocenters. The molecule has 0 fully saturated rings. The maximum absolute atomic E-state index is 11.2. The smallest absolute Gasteiger partial charge is 0.339 e. The number of hydrogen-bond acceptors (Lipinski definition) is 4. The minimum absolute atomic E-state index is 0.229. The number of carboxylic acids is 1. The summed E-state index contributed by atoms with van der Waals surface area (Å²) in [6.45, 7) is 2.97. The lowest BCUT2D eigenvalue weighted by atomic mass is 10.0. The minimum atomic E-state index is -4.54. The molecule has 0 aromatic heterocycles. The summed E-state index contributed by atoms with van der Waals surface area (Å²) in [6.07, 6.45) is 0. The van der Waals surface area contributed by atoms with E-state index < -0.39 is 21.0 Å². The fourth-order valence-electron chi connectivity index (χ4n) is 1.72. The van der Waals surface area contributed by atoms with E-state index in [-0.39, 0.29) is 16.9 Å². The number of aryl methyl sites for hydroxylation is 2. The second-order valence-electron chi connectivity index (χ2n) is 3.53.